The average molecular weight is 296 g/mol. The lowest BCUT2D eigenvalue weighted by atomic mass is 10.1. The maximum Gasteiger partial charge on any atom is 0.178 e. The molecule has 0 spiro atoms. The van der Waals surface area contributed by atoms with Crippen LogP contribution in [0.4, 0.5) is 0 Å². The van der Waals surface area contributed by atoms with E-state index < -0.39 is 0 Å². The fourth-order valence-corrected chi connectivity index (χ4v) is 3.30. The largest absolute Gasteiger partial charge is 0.488 e. The van der Waals surface area contributed by atoms with E-state index in [1.165, 1.54) is 11.1 Å². The zero-order valence-electron chi connectivity index (χ0n) is 11.8. The molecule has 1 N–H and O–H groups in total. The zero-order chi connectivity index (χ0) is 14.4. The second kappa shape index (κ2) is 4.74. The lowest BCUT2D eigenvalue weighted by Gasteiger charge is -2.12. The number of aromatic nitrogens is 2. The van der Waals surface area contributed by atoms with Crippen molar-refractivity contribution in [2.24, 2.45) is 0 Å². The summed E-state index contributed by atoms with van der Waals surface area (Å²) in [6, 6.07) is 14.6. The van der Waals surface area contributed by atoms with Crippen molar-refractivity contribution in [2.45, 2.75) is 26.0 Å². The Bertz CT molecular complexity index is 853. The predicted octanol–water partition coefficient (Wildman–Crippen LogP) is 4.01. The third-order valence-corrected chi connectivity index (χ3v) is 4.35. The first kappa shape index (κ1) is 12.7. The molecule has 0 saturated heterocycles. The summed E-state index contributed by atoms with van der Waals surface area (Å²) in [5.74, 6) is 1.00. The van der Waals surface area contributed by atoms with Crippen molar-refractivity contribution in [3.05, 3.63) is 58.4 Å². The minimum atomic E-state index is 0.148. The normalized spacial score (nSPS) is 16.9. The highest BCUT2D eigenvalue weighted by molar-refractivity contribution is 7.71. The standard InChI is InChI=1S/C17H16N2OS/c1-11-6-7-15-14(8-11)18-17(21)19(15)10-13-9-12-4-2-3-5-16(12)20-13/h2-8,13H,9-10H2,1H3,(H,18,21). The number of fused-ring (bicyclic) bond motifs is 2. The molecule has 3 nitrogen and oxygen atoms in total. The first-order chi connectivity index (χ1) is 10.2. The highest BCUT2D eigenvalue weighted by Crippen LogP contribution is 2.29. The van der Waals surface area contributed by atoms with Crippen molar-refractivity contribution < 1.29 is 4.74 Å². The number of benzene rings is 2. The SMILES string of the molecule is Cc1ccc2c(c1)[nH]c(=S)n2CC1Cc2ccccc2O1. The Morgan fingerprint density at radius 2 is 2.14 bits per heavy atom. The number of ether oxygens (including phenoxy) is 1. The summed E-state index contributed by atoms with van der Waals surface area (Å²) in [5, 5.41) is 0. The van der Waals surface area contributed by atoms with Gasteiger partial charge in [-0.1, -0.05) is 24.3 Å². The van der Waals surface area contributed by atoms with Crippen molar-refractivity contribution >= 4 is 23.3 Å². The second-order valence-corrected chi connectivity index (χ2v) is 6.00. The molecular formula is C17H16N2OS. The average Bonchev–Trinajstić information content (AvgIpc) is 3.00. The molecule has 1 unspecified atom stereocenters. The van der Waals surface area contributed by atoms with Crippen molar-refractivity contribution in [1.29, 1.82) is 0 Å². The maximum atomic E-state index is 6.03. The van der Waals surface area contributed by atoms with Crippen LogP contribution in [0.5, 0.6) is 5.75 Å². The molecule has 4 rings (SSSR count). The monoisotopic (exact) mass is 296 g/mol. The zero-order valence-corrected chi connectivity index (χ0v) is 12.6. The molecule has 1 aliphatic heterocycles. The lowest BCUT2D eigenvalue weighted by Crippen LogP contribution is -2.20. The fourth-order valence-electron chi connectivity index (χ4n) is 3.02. The van der Waals surface area contributed by atoms with Gasteiger partial charge in [0.15, 0.2) is 4.77 Å². The van der Waals surface area contributed by atoms with E-state index in [1.54, 1.807) is 0 Å². The molecule has 2 aromatic carbocycles. The van der Waals surface area contributed by atoms with Gasteiger partial charge in [0.05, 0.1) is 17.6 Å². The highest BCUT2D eigenvalue weighted by Gasteiger charge is 2.23. The quantitative estimate of drug-likeness (QED) is 0.724. The molecule has 0 fully saturated rings. The van der Waals surface area contributed by atoms with E-state index in [2.05, 4.69) is 46.8 Å². The number of hydrogen-bond acceptors (Lipinski definition) is 2. The van der Waals surface area contributed by atoms with Gasteiger partial charge in [0, 0.05) is 6.42 Å². The van der Waals surface area contributed by atoms with Gasteiger partial charge in [0.2, 0.25) is 0 Å². The van der Waals surface area contributed by atoms with E-state index in [0.29, 0.717) is 0 Å². The van der Waals surface area contributed by atoms with Gasteiger partial charge >= 0.3 is 0 Å². The Kier molecular flexibility index (Phi) is 2.86. The third kappa shape index (κ3) is 2.16. The second-order valence-electron chi connectivity index (χ2n) is 5.61. The third-order valence-electron chi connectivity index (χ3n) is 4.03. The summed E-state index contributed by atoms with van der Waals surface area (Å²) in [5.41, 5.74) is 4.75. The molecule has 21 heavy (non-hydrogen) atoms. The molecule has 0 saturated carbocycles. The summed E-state index contributed by atoms with van der Waals surface area (Å²) >= 11 is 5.47. The summed E-state index contributed by atoms with van der Waals surface area (Å²) in [4.78, 5) is 3.29. The number of para-hydroxylation sites is 1. The van der Waals surface area contributed by atoms with Crippen molar-refractivity contribution in [2.75, 3.05) is 0 Å². The van der Waals surface area contributed by atoms with Gasteiger partial charge in [-0.15, -0.1) is 0 Å². The number of hydrogen-bond donors (Lipinski definition) is 1. The molecule has 3 aromatic rings. The predicted molar refractivity (Wildman–Crippen MR) is 86.4 cm³/mol. The topological polar surface area (TPSA) is 29.9 Å². The van der Waals surface area contributed by atoms with Gasteiger partial charge in [-0.25, -0.2) is 0 Å². The Morgan fingerprint density at radius 3 is 3.00 bits per heavy atom. The first-order valence-electron chi connectivity index (χ1n) is 7.14. The summed E-state index contributed by atoms with van der Waals surface area (Å²) in [6.07, 6.45) is 1.09. The van der Waals surface area contributed by atoms with E-state index in [1.807, 2.05) is 12.1 Å². The van der Waals surface area contributed by atoms with E-state index >= 15 is 0 Å². The van der Waals surface area contributed by atoms with E-state index in [-0.39, 0.29) is 6.10 Å². The van der Waals surface area contributed by atoms with Crippen molar-refractivity contribution in [3.8, 4) is 5.75 Å². The van der Waals surface area contributed by atoms with Crippen LogP contribution in [0.1, 0.15) is 11.1 Å². The van der Waals surface area contributed by atoms with Crippen LogP contribution in [0.15, 0.2) is 42.5 Å². The maximum absolute atomic E-state index is 6.03. The molecular weight excluding hydrogens is 280 g/mol. The van der Waals surface area contributed by atoms with E-state index in [0.717, 1.165) is 34.5 Å². The van der Waals surface area contributed by atoms with Crippen LogP contribution in [0.3, 0.4) is 0 Å². The summed E-state index contributed by atoms with van der Waals surface area (Å²) in [7, 11) is 0. The fraction of sp³-hybridized carbons (Fsp3) is 0.235. The van der Waals surface area contributed by atoms with Gasteiger partial charge in [-0.2, -0.15) is 0 Å². The Labute approximate surface area is 128 Å². The highest BCUT2D eigenvalue weighted by atomic mass is 32.1. The molecule has 2 heterocycles. The number of H-pyrrole nitrogens is 1. The lowest BCUT2D eigenvalue weighted by molar-refractivity contribution is 0.210. The molecule has 0 aliphatic carbocycles. The Hall–Kier alpha value is -2.07. The van der Waals surface area contributed by atoms with Crippen molar-refractivity contribution in [3.63, 3.8) is 0 Å². The minimum Gasteiger partial charge on any atom is -0.488 e. The van der Waals surface area contributed by atoms with Crippen LogP contribution >= 0.6 is 12.2 Å². The smallest absolute Gasteiger partial charge is 0.178 e. The minimum absolute atomic E-state index is 0.148. The van der Waals surface area contributed by atoms with Crippen LogP contribution in [-0.2, 0) is 13.0 Å². The number of imidazole rings is 1. The van der Waals surface area contributed by atoms with Gasteiger partial charge in [-0.05, 0) is 48.5 Å². The molecule has 1 aliphatic rings. The number of aryl methyl sites for hydroxylation is 1. The van der Waals surface area contributed by atoms with Crippen molar-refractivity contribution in [1.82, 2.24) is 9.55 Å². The molecule has 0 radical (unpaired) electrons. The van der Waals surface area contributed by atoms with Gasteiger partial charge in [-0.3, -0.25) is 0 Å². The first-order valence-corrected chi connectivity index (χ1v) is 7.55. The van der Waals surface area contributed by atoms with Crippen LogP contribution in [-0.4, -0.2) is 15.7 Å². The van der Waals surface area contributed by atoms with Crippen LogP contribution in [0.2, 0.25) is 0 Å². The summed E-state index contributed by atoms with van der Waals surface area (Å²) < 4.78 is 8.93. The molecule has 106 valence electrons. The molecule has 0 amide bonds. The summed E-state index contributed by atoms with van der Waals surface area (Å²) in [6.45, 7) is 2.86. The van der Waals surface area contributed by atoms with E-state index in [4.69, 9.17) is 17.0 Å². The number of rotatable bonds is 2. The number of nitrogens with one attached hydrogen (secondary N) is 1. The molecule has 4 heteroatoms. The van der Waals surface area contributed by atoms with Gasteiger partial charge < -0.3 is 14.3 Å². The van der Waals surface area contributed by atoms with Crippen LogP contribution in [0, 0.1) is 11.7 Å². The Balaban J connectivity index is 1.67. The van der Waals surface area contributed by atoms with Gasteiger partial charge in [0.25, 0.3) is 0 Å². The number of aromatic amines is 1. The molecule has 0 bridgehead atoms. The van der Waals surface area contributed by atoms with Gasteiger partial charge in [0.1, 0.15) is 11.9 Å². The van der Waals surface area contributed by atoms with E-state index in [9.17, 15) is 0 Å². The van der Waals surface area contributed by atoms with Crippen LogP contribution < -0.4 is 4.74 Å². The molecule has 1 aromatic heterocycles. The Morgan fingerprint density at radius 1 is 1.29 bits per heavy atom. The number of nitrogens with zero attached hydrogens (tertiary/aromatic N) is 1. The molecule has 1 atom stereocenters. The van der Waals surface area contributed by atoms with Crippen LogP contribution in [0.25, 0.3) is 11.0 Å².